The highest BCUT2D eigenvalue weighted by Crippen LogP contribution is 2.29. The van der Waals surface area contributed by atoms with Crippen LogP contribution in [-0.2, 0) is 30.7 Å². The van der Waals surface area contributed by atoms with Crippen LogP contribution >= 0.6 is 0 Å². The minimum absolute atomic E-state index is 0.0387. The van der Waals surface area contributed by atoms with Gasteiger partial charge in [0.25, 0.3) is 0 Å². The standard InChI is InChI=1S/C24H37N3O6S/c1-18-15-25(16-19(2)33-18)17-21-5-4-8-27(21)24(28)14-20-6-7-22(31-3)23(13-20)34(29,30)26-9-11-32-12-10-26/h6-7,13,18-19,21H,4-5,8-12,14-17H2,1-3H3/t18-,19-,21-/m1/s1. The van der Waals surface area contributed by atoms with Crippen LogP contribution in [0.3, 0.4) is 0 Å². The first kappa shape index (κ1) is 25.4. The Morgan fingerprint density at radius 1 is 1.12 bits per heavy atom. The van der Waals surface area contributed by atoms with E-state index in [-0.39, 0.29) is 41.2 Å². The van der Waals surface area contributed by atoms with Gasteiger partial charge in [0, 0.05) is 45.3 Å². The van der Waals surface area contributed by atoms with Gasteiger partial charge in [-0.05, 0) is 44.4 Å². The zero-order valence-electron chi connectivity index (χ0n) is 20.4. The summed E-state index contributed by atoms with van der Waals surface area (Å²) in [6.45, 7) is 8.89. The van der Waals surface area contributed by atoms with Gasteiger partial charge in [-0.3, -0.25) is 9.69 Å². The summed E-state index contributed by atoms with van der Waals surface area (Å²) in [5.74, 6) is 0.328. The molecule has 3 atom stereocenters. The molecule has 0 radical (unpaired) electrons. The first-order valence-electron chi connectivity index (χ1n) is 12.2. The molecule has 0 bridgehead atoms. The largest absolute Gasteiger partial charge is 0.495 e. The fourth-order valence-electron chi connectivity index (χ4n) is 5.32. The van der Waals surface area contributed by atoms with E-state index in [9.17, 15) is 13.2 Å². The Kier molecular flexibility index (Phi) is 8.14. The molecule has 3 fully saturated rings. The van der Waals surface area contributed by atoms with Gasteiger partial charge in [0.05, 0.1) is 39.0 Å². The first-order valence-corrected chi connectivity index (χ1v) is 13.6. The number of amides is 1. The molecule has 0 aromatic heterocycles. The highest BCUT2D eigenvalue weighted by atomic mass is 32.2. The van der Waals surface area contributed by atoms with Crippen LogP contribution in [0.1, 0.15) is 32.3 Å². The summed E-state index contributed by atoms with van der Waals surface area (Å²) in [5.41, 5.74) is 0.678. The molecular formula is C24H37N3O6S. The summed E-state index contributed by atoms with van der Waals surface area (Å²) < 4.78 is 44.4. The zero-order valence-corrected chi connectivity index (χ0v) is 21.3. The Labute approximate surface area is 203 Å². The third-order valence-electron chi connectivity index (χ3n) is 6.83. The van der Waals surface area contributed by atoms with E-state index < -0.39 is 10.0 Å². The van der Waals surface area contributed by atoms with Crippen molar-refractivity contribution in [3.8, 4) is 5.75 Å². The van der Waals surface area contributed by atoms with E-state index in [1.54, 1.807) is 18.2 Å². The highest BCUT2D eigenvalue weighted by Gasteiger charge is 2.33. The molecule has 0 aliphatic carbocycles. The van der Waals surface area contributed by atoms with Crippen LogP contribution in [0.25, 0.3) is 0 Å². The average Bonchev–Trinajstić information content (AvgIpc) is 3.27. The number of morpholine rings is 2. The SMILES string of the molecule is COc1ccc(CC(=O)N2CCC[C@@H]2CN2C[C@@H](C)O[C@H](C)C2)cc1S(=O)(=O)N1CCOCC1. The van der Waals surface area contributed by atoms with Crippen molar-refractivity contribution < 1.29 is 27.4 Å². The number of nitrogens with zero attached hydrogens (tertiary/aromatic N) is 3. The molecule has 0 saturated carbocycles. The molecule has 9 nitrogen and oxygen atoms in total. The second kappa shape index (κ2) is 10.9. The van der Waals surface area contributed by atoms with Gasteiger partial charge in [0.1, 0.15) is 10.6 Å². The number of carbonyl (C=O) groups is 1. The van der Waals surface area contributed by atoms with E-state index in [4.69, 9.17) is 14.2 Å². The van der Waals surface area contributed by atoms with Crippen LogP contribution < -0.4 is 4.74 Å². The summed E-state index contributed by atoms with van der Waals surface area (Å²) in [7, 11) is -2.28. The van der Waals surface area contributed by atoms with E-state index in [0.717, 1.165) is 39.0 Å². The third kappa shape index (κ3) is 5.73. The van der Waals surface area contributed by atoms with Gasteiger partial charge in [-0.25, -0.2) is 8.42 Å². The van der Waals surface area contributed by atoms with Gasteiger partial charge >= 0.3 is 0 Å². The first-order chi connectivity index (χ1) is 16.3. The molecular weight excluding hydrogens is 458 g/mol. The quantitative estimate of drug-likeness (QED) is 0.564. The number of sulfonamides is 1. The Hall–Kier alpha value is -1.72. The van der Waals surface area contributed by atoms with Crippen molar-refractivity contribution in [1.29, 1.82) is 0 Å². The predicted molar refractivity (Wildman–Crippen MR) is 127 cm³/mol. The molecule has 190 valence electrons. The summed E-state index contributed by atoms with van der Waals surface area (Å²) in [6, 6.07) is 5.21. The summed E-state index contributed by atoms with van der Waals surface area (Å²) >= 11 is 0. The molecule has 0 unspecified atom stereocenters. The Morgan fingerprint density at radius 2 is 1.82 bits per heavy atom. The average molecular weight is 496 g/mol. The zero-order chi connectivity index (χ0) is 24.3. The molecule has 3 aliphatic rings. The molecule has 0 N–H and O–H groups in total. The monoisotopic (exact) mass is 495 g/mol. The molecule has 10 heteroatoms. The van der Waals surface area contributed by atoms with E-state index in [0.29, 0.717) is 31.9 Å². The molecule has 3 saturated heterocycles. The summed E-state index contributed by atoms with van der Waals surface area (Å²) in [4.78, 5) is 17.8. The molecule has 34 heavy (non-hydrogen) atoms. The molecule has 0 spiro atoms. The Morgan fingerprint density at radius 3 is 2.50 bits per heavy atom. The fourth-order valence-corrected chi connectivity index (χ4v) is 6.93. The molecule has 3 heterocycles. The molecule has 4 rings (SSSR count). The van der Waals surface area contributed by atoms with Gasteiger partial charge < -0.3 is 19.1 Å². The van der Waals surface area contributed by atoms with Crippen molar-refractivity contribution in [1.82, 2.24) is 14.1 Å². The number of hydrogen-bond donors (Lipinski definition) is 0. The highest BCUT2D eigenvalue weighted by molar-refractivity contribution is 7.89. The number of benzene rings is 1. The lowest BCUT2D eigenvalue weighted by molar-refractivity contribution is -0.132. The smallest absolute Gasteiger partial charge is 0.246 e. The van der Waals surface area contributed by atoms with E-state index in [2.05, 4.69) is 18.7 Å². The van der Waals surface area contributed by atoms with Crippen LogP contribution in [0.5, 0.6) is 5.75 Å². The van der Waals surface area contributed by atoms with Gasteiger partial charge in [-0.2, -0.15) is 4.31 Å². The van der Waals surface area contributed by atoms with E-state index in [1.807, 2.05) is 4.90 Å². The second-order valence-corrected chi connectivity index (χ2v) is 11.4. The van der Waals surface area contributed by atoms with E-state index >= 15 is 0 Å². The number of rotatable bonds is 7. The number of hydrogen-bond acceptors (Lipinski definition) is 7. The van der Waals surface area contributed by atoms with Crippen molar-refractivity contribution in [3.05, 3.63) is 23.8 Å². The predicted octanol–water partition coefficient (Wildman–Crippen LogP) is 1.36. The van der Waals surface area contributed by atoms with Gasteiger partial charge in [0.15, 0.2) is 0 Å². The summed E-state index contributed by atoms with van der Waals surface area (Å²) in [6.07, 6.45) is 2.54. The number of methoxy groups -OCH3 is 1. The number of likely N-dealkylation sites (tertiary alicyclic amines) is 1. The van der Waals surface area contributed by atoms with Gasteiger partial charge in [0.2, 0.25) is 15.9 Å². The second-order valence-electron chi connectivity index (χ2n) is 9.54. The maximum Gasteiger partial charge on any atom is 0.246 e. The van der Waals surface area contributed by atoms with Crippen molar-refractivity contribution in [2.24, 2.45) is 0 Å². The maximum atomic E-state index is 13.3. The Bertz CT molecular complexity index is 955. The third-order valence-corrected chi connectivity index (χ3v) is 8.75. The van der Waals surface area contributed by atoms with E-state index in [1.165, 1.54) is 11.4 Å². The van der Waals surface area contributed by atoms with Gasteiger partial charge in [-0.1, -0.05) is 6.07 Å². The van der Waals surface area contributed by atoms with Crippen LogP contribution in [0.2, 0.25) is 0 Å². The molecule has 3 aliphatic heterocycles. The lowest BCUT2D eigenvalue weighted by Gasteiger charge is -2.38. The molecule has 1 aromatic carbocycles. The minimum Gasteiger partial charge on any atom is -0.495 e. The van der Waals surface area contributed by atoms with Crippen LogP contribution in [0.15, 0.2) is 23.1 Å². The normalized spacial score (nSPS) is 27.1. The van der Waals surface area contributed by atoms with Gasteiger partial charge in [-0.15, -0.1) is 0 Å². The topological polar surface area (TPSA) is 88.6 Å². The molecule has 1 amide bonds. The van der Waals surface area contributed by atoms with Crippen LogP contribution in [-0.4, -0.2) is 106 Å². The summed E-state index contributed by atoms with van der Waals surface area (Å²) in [5, 5.41) is 0. The van der Waals surface area contributed by atoms with Crippen LogP contribution in [0.4, 0.5) is 0 Å². The number of ether oxygens (including phenoxy) is 3. The fraction of sp³-hybridized carbons (Fsp3) is 0.708. The van der Waals surface area contributed by atoms with Crippen molar-refractivity contribution in [3.63, 3.8) is 0 Å². The van der Waals surface area contributed by atoms with Crippen molar-refractivity contribution >= 4 is 15.9 Å². The van der Waals surface area contributed by atoms with Crippen molar-refractivity contribution in [2.45, 2.75) is 56.3 Å². The Balaban J connectivity index is 1.46. The van der Waals surface area contributed by atoms with Crippen molar-refractivity contribution in [2.75, 3.05) is 59.6 Å². The number of carbonyl (C=O) groups excluding carboxylic acids is 1. The maximum absolute atomic E-state index is 13.3. The molecule has 1 aromatic rings. The van der Waals surface area contributed by atoms with Crippen LogP contribution in [0, 0.1) is 0 Å². The minimum atomic E-state index is -3.74. The lowest BCUT2D eigenvalue weighted by Crippen LogP contribution is -2.51. The lowest BCUT2D eigenvalue weighted by atomic mass is 10.1.